The van der Waals surface area contributed by atoms with Crippen LogP contribution in [0.1, 0.15) is 25.7 Å². The lowest BCUT2D eigenvalue weighted by atomic mass is 9.86. The summed E-state index contributed by atoms with van der Waals surface area (Å²) in [6.07, 6.45) is 5.36. The summed E-state index contributed by atoms with van der Waals surface area (Å²) in [5.41, 5.74) is 0. The number of nitrogens with one attached hydrogen (secondary N) is 1. The van der Waals surface area contributed by atoms with E-state index in [0.717, 1.165) is 11.8 Å². The Balaban J connectivity index is 1.77. The zero-order valence-electron chi connectivity index (χ0n) is 7.86. The minimum atomic E-state index is 0.137. The predicted molar refractivity (Wildman–Crippen MR) is 61.1 cm³/mol. The van der Waals surface area contributed by atoms with E-state index in [9.17, 15) is 4.79 Å². The number of hydrogen-bond acceptors (Lipinski definition) is 3. The van der Waals surface area contributed by atoms with Crippen molar-refractivity contribution in [1.82, 2.24) is 5.32 Å². The van der Waals surface area contributed by atoms with Crippen LogP contribution in [0, 0.1) is 17.8 Å². The zero-order valence-corrected chi connectivity index (χ0v) is 9.50. The number of carbonyl (C=O) groups is 1. The molecule has 0 aromatic carbocycles. The van der Waals surface area contributed by atoms with Gasteiger partial charge in [-0.05, 0) is 37.0 Å². The van der Waals surface area contributed by atoms with Crippen LogP contribution in [0.5, 0.6) is 0 Å². The lowest BCUT2D eigenvalue weighted by molar-refractivity contribution is -0.119. The fourth-order valence-electron chi connectivity index (χ4n) is 3.32. The molecule has 1 aliphatic heterocycles. The van der Waals surface area contributed by atoms with Crippen LogP contribution in [-0.2, 0) is 4.79 Å². The van der Waals surface area contributed by atoms with Crippen molar-refractivity contribution in [3.05, 3.63) is 0 Å². The molecule has 2 nitrogen and oxygen atoms in total. The van der Waals surface area contributed by atoms with Crippen molar-refractivity contribution in [2.45, 2.75) is 30.9 Å². The normalized spacial score (nSPS) is 46.0. The van der Waals surface area contributed by atoms with Crippen LogP contribution in [-0.4, -0.2) is 15.5 Å². The number of rotatable bonds is 1. The Morgan fingerprint density at radius 3 is 2.71 bits per heavy atom. The maximum absolute atomic E-state index is 11.6. The van der Waals surface area contributed by atoms with E-state index in [0.29, 0.717) is 10.2 Å². The molecule has 76 valence electrons. The van der Waals surface area contributed by atoms with Crippen molar-refractivity contribution < 1.29 is 4.79 Å². The molecule has 3 rings (SSSR count). The van der Waals surface area contributed by atoms with Crippen LogP contribution in [0.3, 0.4) is 0 Å². The van der Waals surface area contributed by atoms with E-state index in [1.54, 1.807) is 11.8 Å². The summed E-state index contributed by atoms with van der Waals surface area (Å²) in [4.78, 5) is 11.6. The Kier molecular flexibility index (Phi) is 2.10. The van der Waals surface area contributed by atoms with Crippen molar-refractivity contribution in [2.24, 2.45) is 17.8 Å². The quantitative estimate of drug-likeness (QED) is 0.694. The average Bonchev–Trinajstić information content (AvgIpc) is 2.79. The molecule has 4 unspecified atom stereocenters. The molecular weight excluding hydrogens is 214 g/mol. The summed E-state index contributed by atoms with van der Waals surface area (Å²) >= 11 is 6.61. The van der Waals surface area contributed by atoms with Crippen LogP contribution < -0.4 is 5.32 Å². The van der Waals surface area contributed by atoms with Gasteiger partial charge in [0.25, 0.3) is 0 Å². The van der Waals surface area contributed by atoms with Gasteiger partial charge in [0, 0.05) is 0 Å². The maximum atomic E-state index is 11.6. The van der Waals surface area contributed by atoms with Crippen LogP contribution in [0.2, 0.25) is 0 Å². The van der Waals surface area contributed by atoms with Crippen LogP contribution in [0.4, 0.5) is 0 Å². The molecule has 0 aromatic rings. The molecular formula is C10H13NOS2. The summed E-state index contributed by atoms with van der Waals surface area (Å²) in [6, 6.07) is 0. The van der Waals surface area contributed by atoms with Crippen molar-refractivity contribution in [3.63, 3.8) is 0 Å². The zero-order chi connectivity index (χ0) is 9.71. The van der Waals surface area contributed by atoms with E-state index in [-0.39, 0.29) is 11.2 Å². The molecule has 0 spiro atoms. The highest BCUT2D eigenvalue weighted by molar-refractivity contribution is 8.24. The van der Waals surface area contributed by atoms with E-state index in [1.165, 1.54) is 25.7 Å². The van der Waals surface area contributed by atoms with Crippen molar-refractivity contribution in [1.29, 1.82) is 0 Å². The van der Waals surface area contributed by atoms with Gasteiger partial charge in [0.15, 0.2) is 0 Å². The predicted octanol–water partition coefficient (Wildman–Crippen LogP) is 1.94. The Morgan fingerprint density at radius 1 is 1.36 bits per heavy atom. The molecule has 4 heteroatoms. The fourth-order valence-corrected chi connectivity index (χ4v) is 4.79. The topological polar surface area (TPSA) is 29.1 Å². The van der Waals surface area contributed by atoms with Gasteiger partial charge in [-0.2, -0.15) is 0 Å². The summed E-state index contributed by atoms with van der Waals surface area (Å²) < 4.78 is 0.683. The highest BCUT2D eigenvalue weighted by Crippen LogP contribution is 2.52. The highest BCUT2D eigenvalue weighted by Gasteiger charge is 2.47. The number of thioether (sulfide) groups is 1. The third-order valence-corrected chi connectivity index (χ3v) is 5.42. The lowest BCUT2D eigenvalue weighted by Gasteiger charge is -2.24. The number of thiocarbonyl (C=S) groups is 1. The second-order valence-corrected chi connectivity index (χ2v) is 6.47. The van der Waals surface area contributed by atoms with Gasteiger partial charge in [0.05, 0.1) is 5.25 Å². The van der Waals surface area contributed by atoms with E-state index in [2.05, 4.69) is 5.32 Å². The summed E-state index contributed by atoms with van der Waals surface area (Å²) in [6.45, 7) is 0. The monoisotopic (exact) mass is 227 g/mol. The van der Waals surface area contributed by atoms with Crippen molar-refractivity contribution >= 4 is 34.2 Å². The van der Waals surface area contributed by atoms with E-state index in [1.807, 2.05) is 0 Å². The van der Waals surface area contributed by atoms with Gasteiger partial charge in [-0.15, -0.1) is 0 Å². The van der Waals surface area contributed by atoms with E-state index >= 15 is 0 Å². The minimum absolute atomic E-state index is 0.137. The summed E-state index contributed by atoms with van der Waals surface area (Å²) in [7, 11) is 0. The second kappa shape index (κ2) is 3.20. The van der Waals surface area contributed by atoms with Crippen molar-refractivity contribution in [3.8, 4) is 0 Å². The SMILES string of the molecule is O=C1NC(=S)SC1C1CC2CCC1C2. The van der Waals surface area contributed by atoms with Crippen molar-refractivity contribution in [2.75, 3.05) is 0 Å². The van der Waals surface area contributed by atoms with Crippen LogP contribution in [0.25, 0.3) is 0 Å². The Labute approximate surface area is 93.2 Å². The first-order valence-corrected chi connectivity index (χ1v) is 6.54. The first kappa shape index (κ1) is 9.16. The molecule has 1 saturated heterocycles. The molecule has 0 aromatic heterocycles. The molecule has 1 N–H and O–H groups in total. The lowest BCUT2D eigenvalue weighted by Crippen LogP contribution is -2.32. The van der Waals surface area contributed by atoms with Gasteiger partial charge in [-0.25, -0.2) is 0 Å². The van der Waals surface area contributed by atoms with Crippen LogP contribution in [0.15, 0.2) is 0 Å². The smallest absolute Gasteiger partial charge is 0.239 e. The second-order valence-electron chi connectivity index (χ2n) is 4.65. The standard InChI is InChI=1S/C10H13NOS2/c12-9-8(14-10(13)11-9)7-4-5-1-2-6(7)3-5/h5-8H,1-4H2,(H,11,12,13). The van der Waals surface area contributed by atoms with Gasteiger partial charge >= 0.3 is 0 Å². The van der Waals surface area contributed by atoms with Gasteiger partial charge in [-0.3, -0.25) is 4.79 Å². The minimum Gasteiger partial charge on any atom is -0.311 e. The molecule has 14 heavy (non-hydrogen) atoms. The van der Waals surface area contributed by atoms with Crippen LogP contribution >= 0.6 is 24.0 Å². The molecule has 2 saturated carbocycles. The third-order valence-electron chi connectivity index (χ3n) is 3.90. The van der Waals surface area contributed by atoms with Gasteiger partial charge < -0.3 is 5.32 Å². The number of hydrogen-bond donors (Lipinski definition) is 1. The molecule has 1 amide bonds. The largest absolute Gasteiger partial charge is 0.311 e. The number of fused-ring (bicyclic) bond motifs is 2. The highest BCUT2D eigenvalue weighted by atomic mass is 32.2. The molecule has 4 atom stereocenters. The molecule has 0 radical (unpaired) electrons. The van der Waals surface area contributed by atoms with Gasteiger partial charge in [-0.1, -0.05) is 30.4 Å². The van der Waals surface area contributed by atoms with Gasteiger partial charge in [0.1, 0.15) is 4.32 Å². The molecule has 2 bridgehead atoms. The van der Waals surface area contributed by atoms with E-state index in [4.69, 9.17) is 12.2 Å². The molecule has 1 heterocycles. The number of amides is 1. The van der Waals surface area contributed by atoms with E-state index < -0.39 is 0 Å². The summed E-state index contributed by atoms with van der Waals surface area (Å²) in [5.74, 6) is 2.49. The molecule has 2 aliphatic carbocycles. The maximum Gasteiger partial charge on any atom is 0.239 e. The first-order valence-electron chi connectivity index (χ1n) is 5.25. The third kappa shape index (κ3) is 1.31. The molecule has 3 fully saturated rings. The number of carbonyl (C=O) groups excluding carboxylic acids is 1. The fraction of sp³-hybridized carbons (Fsp3) is 0.800. The summed E-state index contributed by atoms with van der Waals surface area (Å²) in [5, 5.41) is 2.90. The Hall–Kier alpha value is -0.0900. The Bertz CT molecular complexity index is 304. The molecule has 3 aliphatic rings. The van der Waals surface area contributed by atoms with Gasteiger partial charge in [0.2, 0.25) is 5.91 Å². The first-order chi connectivity index (χ1) is 6.74. The Morgan fingerprint density at radius 2 is 2.21 bits per heavy atom. The average molecular weight is 227 g/mol.